The lowest BCUT2D eigenvalue weighted by Gasteiger charge is -1.99. The SMILES string of the molecule is C#CCn1c(=NC(C)=O)sc2ccc([N+](=O)[O-])cc21. The largest absolute Gasteiger partial charge is 0.304 e. The highest BCUT2D eigenvalue weighted by Gasteiger charge is 2.11. The molecular formula is C12H9N3O3S. The molecule has 1 amide bonds. The molecule has 7 heteroatoms. The molecule has 1 heterocycles. The van der Waals surface area contributed by atoms with Gasteiger partial charge >= 0.3 is 0 Å². The van der Waals surface area contributed by atoms with Gasteiger partial charge in [0.15, 0.2) is 4.80 Å². The van der Waals surface area contributed by atoms with Crippen molar-refractivity contribution in [2.24, 2.45) is 4.99 Å². The minimum Gasteiger partial charge on any atom is -0.304 e. The number of benzene rings is 1. The average Bonchev–Trinajstić information content (AvgIpc) is 2.66. The second-order valence-corrected chi connectivity index (χ2v) is 4.72. The number of thiazole rings is 1. The van der Waals surface area contributed by atoms with Crippen LogP contribution in [0.15, 0.2) is 23.2 Å². The minimum atomic E-state index is -0.473. The second-order valence-electron chi connectivity index (χ2n) is 3.71. The molecule has 1 aromatic carbocycles. The van der Waals surface area contributed by atoms with Crippen LogP contribution in [-0.2, 0) is 11.3 Å². The van der Waals surface area contributed by atoms with E-state index >= 15 is 0 Å². The van der Waals surface area contributed by atoms with Crippen LogP contribution in [0.4, 0.5) is 5.69 Å². The number of nitro benzene ring substituents is 1. The molecule has 1 aromatic heterocycles. The third-order valence-electron chi connectivity index (χ3n) is 2.38. The van der Waals surface area contributed by atoms with Crippen LogP contribution in [-0.4, -0.2) is 15.4 Å². The average molecular weight is 275 g/mol. The molecule has 0 aliphatic heterocycles. The van der Waals surface area contributed by atoms with Crippen molar-refractivity contribution in [3.8, 4) is 12.3 Å². The van der Waals surface area contributed by atoms with Crippen molar-refractivity contribution in [1.29, 1.82) is 0 Å². The van der Waals surface area contributed by atoms with Crippen molar-refractivity contribution in [3.05, 3.63) is 33.1 Å². The molecule has 6 nitrogen and oxygen atoms in total. The highest BCUT2D eigenvalue weighted by molar-refractivity contribution is 7.16. The summed E-state index contributed by atoms with van der Waals surface area (Å²) >= 11 is 1.27. The Labute approximate surface area is 112 Å². The molecule has 19 heavy (non-hydrogen) atoms. The number of fused-ring (bicyclic) bond motifs is 1. The molecule has 0 radical (unpaired) electrons. The molecule has 0 atom stereocenters. The van der Waals surface area contributed by atoms with Crippen LogP contribution in [0.1, 0.15) is 6.92 Å². The summed E-state index contributed by atoms with van der Waals surface area (Å²) in [5, 5.41) is 10.8. The molecule has 0 saturated heterocycles. The maximum absolute atomic E-state index is 11.1. The van der Waals surface area contributed by atoms with Gasteiger partial charge in [0, 0.05) is 19.1 Å². The van der Waals surface area contributed by atoms with Gasteiger partial charge < -0.3 is 4.57 Å². The molecule has 0 aliphatic rings. The van der Waals surface area contributed by atoms with Crippen LogP contribution >= 0.6 is 11.3 Å². The Balaban J connectivity index is 2.80. The normalized spacial score (nSPS) is 11.5. The van der Waals surface area contributed by atoms with Crippen LogP contribution in [0.5, 0.6) is 0 Å². The molecule has 2 aromatic rings. The van der Waals surface area contributed by atoms with Gasteiger partial charge in [-0.1, -0.05) is 17.3 Å². The summed E-state index contributed by atoms with van der Waals surface area (Å²) in [4.78, 5) is 25.7. The van der Waals surface area contributed by atoms with Crippen molar-refractivity contribution < 1.29 is 9.72 Å². The zero-order valence-corrected chi connectivity index (χ0v) is 10.8. The smallest absolute Gasteiger partial charge is 0.271 e. The molecule has 0 saturated carbocycles. The van der Waals surface area contributed by atoms with E-state index in [1.54, 1.807) is 10.6 Å². The number of carbonyl (C=O) groups is 1. The van der Waals surface area contributed by atoms with E-state index in [1.165, 1.54) is 30.4 Å². The quantitative estimate of drug-likeness (QED) is 0.475. The molecule has 0 N–H and O–H groups in total. The van der Waals surface area contributed by atoms with Crippen molar-refractivity contribution in [2.45, 2.75) is 13.5 Å². The lowest BCUT2D eigenvalue weighted by atomic mass is 10.3. The summed E-state index contributed by atoms with van der Waals surface area (Å²) in [7, 11) is 0. The number of terminal acetylenes is 1. The Morgan fingerprint density at radius 2 is 2.37 bits per heavy atom. The number of non-ortho nitro benzene ring substituents is 1. The predicted molar refractivity (Wildman–Crippen MR) is 71.5 cm³/mol. The number of nitrogens with zero attached hydrogens (tertiary/aromatic N) is 3. The Kier molecular flexibility index (Phi) is 3.44. The number of rotatable bonds is 2. The zero-order valence-electron chi connectivity index (χ0n) is 9.99. The van der Waals surface area contributed by atoms with Crippen molar-refractivity contribution in [3.63, 3.8) is 0 Å². The van der Waals surface area contributed by atoms with E-state index in [2.05, 4.69) is 10.9 Å². The topological polar surface area (TPSA) is 77.5 Å². The molecule has 0 aliphatic carbocycles. The Bertz CT molecular complexity index is 780. The first-order chi connectivity index (χ1) is 9.02. The van der Waals surface area contributed by atoms with Gasteiger partial charge in [0.05, 0.1) is 21.7 Å². The summed E-state index contributed by atoms with van der Waals surface area (Å²) in [6, 6.07) is 4.48. The number of hydrogen-bond acceptors (Lipinski definition) is 4. The van der Waals surface area contributed by atoms with Gasteiger partial charge in [-0.25, -0.2) is 0 Å². The lowest BCUT2D eigenvalue weighted by molar-refractivity contribution is -0.384. The zero-order chi connectivity index (χ0) is 14.0. The van der Waals surface area contributed by atoms with Gasteiger partial charge in [0.25, 0.3) is 5.69 Å². The summed E-state index contributed by atoms with van der Waals surface area (Å²) in [5.41, 5.74) is 0.586. The van der Waals surface area contributed by atoms with Gasteiger partial charge in [0.2, 0.25) is 5.91 Å². The Hall–Kier alpha value is -2.46. The maximum atomic E-state index is 11.1. The fourth-order valence-electron chi connectivity index (χ4n) is 1.64. The molecule has 0 spiro atoms. The van der Waals surface area contributed by atoms with Crippen molar-refractivity contribution in [1.82, 2.24) is 4.57 Å². The van der Waals surface area contributed by atoms with Crippen LogP contribution in [0, 0.1) is 22.5 Å². The Morgan fingerprint density at radius 1 is 1.63 bits per heavy atom. The fraction of sp³-hybridized carbons (Fsp3) is 0.167. The van der Waals surface area contributed by atoms with E-state index in [-0.39, 0.29) is 18.1 Å². The van der Waals surface area contributed by atoms with Crippen molar-refractivity contribution in [2.75, 3.05) is 0 Å². The monoisotopic (exact) mass is 275 g/mol. The lowest BCUT2D eigenvalue weighted by Crippen LogP contribution is -2.15. The third kappa shape index (κ3) is 2.53. The minimum absolute atomic E-state index is 0.0227. The van der Waals surface area contributed by atoms with Crippen LogP contribution < -0.4 is 4.80 Å². The van der Waals surface area contributed by atoms with Gasteiger partial charge in [-0.3, -0.25) is 14.9 Å². The molecule has 96 valence electrons. The van der Waals surface area contributed by atoms with Gasteiger partial charge in [-0.2, -0.15) is 4.99 Å². The van der Waals surface area contributed by atoms with E-state index in [4.69, 9.17) is 6.42 Å². The fourth-order valence-corrected chi connectivity index (χ4v) is 2.69. The summed E-state index contributed by atoms with van der Waals surface area (Å²) in [6.45, 7) is 1.54. The van der Waals surface area contributed by atoms with Crippen LogP contribution in [0.2, 0.25) is 0 Å². The van der Waals surface area contributed by atoms with E-state index < -0.39 is 4.92 Å². The van der Waals surface area contributed by atoms with Gasteiger partial charge in [0.1, 0.15) is 0 Å². The summed E-state index contributed by atoms with van der Waals surface area (Å²) in [6.07, 6.45) is 5.28. The number of nitro groups is 1. The number of hydrogen-bond donors (Lipinski definition) is 0. The first-order valence-corrected chi connectivity index (χ1v) is 6.11. The molecule has 0 fully saturated rings. The van der Waals surface area contributed by atoms with E-state index in [0.29, 0.717) is 10.3 Å². The summed E-state index contributed by atoms with van der Waals surface area (Å²) < 4.78 is 2.41. The predicted octanol–water partition coefficient (Wildman–Crippen LogP) is 1.69. The Morgan fingerprint density at radius 3 is 2.95 bits per heavy atom. The van der Waals surface area contributed by atoms with E-state index in [1.807, 2.05) is 0 Å². The molecule has 0 bridgehead atoms. The van der Waals surface area contributed by atoms with Crippen molar-refractivity contribution >= 4 is 33.1 Å². The first kappa shape index (κ1) is 13.0. The van der Waals surface area contributed by atoms with Crippen LogP contribution in [0.3, 0.4) is 0 Å². The van der Waals surface area contributed by atoms with Crippen LogP contribution in [0.25, 0.3) is 10.2 Å². The highest BCUT2D eigenvalue weighted by atomic mass is 32.1. The number of amides is 1. The molecule has 0 unspecified atom stereocenters. The number of aromatic nitrogens is 1. The number of carbonyl (C=O) groups excluding carboxylic acids is 1. The maximum Gasteiger partial charge on any atom is 0.271 e. The highest BCUT2D eigenvalue weighted by Crippen LogP contribution is 2.22. The van der Waals surface area contributed by atoms with E-state index in [0.717, 1.165) is 4.70 Å². The third-order valence-corrected chi connectivity index (χ3v) is 3.44. The molecular weight excluding hydrogens is 266 g/mol. The van der Waals surface area contributed by atoms with Gasteiger partial charge in [-0.15, -0.1) is 6.42 Å². The first-order valence-electron chi connectivity index (χ1n) is 5.29. The standard InChI is InChI=1S/C12H9N3O3S/c1-3-6-14-10-7-9(15(17)18)4-5-11(10)19-12(14)13-8(2)16/h1,4-5,7H,6H2,2H3. The summed E-state index contributed by atoms with van der Waals surface area (Å²) in [5.74, 6) is 2.11. The van der Waals surface area contributed by atoms with E-state index in [9.17, 15) is 14.9 Å². The molecule has 2 rings (SSSR count). The van der Waals surface area contributed by atoms with Gasteiger partial charge in [-0.05, 0) is 6.07 Å². The second kappa shape index (κ2) is 5.04.